The van der Waals surface area contributed by atoms with Crippen molar-refractivity contribution >= 4 is 29.1 Å². The number of fused-ring (bicyclic) bond motifs is 1. The average Bonchev–Trinajstić information content (AvgIpc) is 2.97. The summed E-state index contributed by atoms with van der Waals surface area (Å²) in [5.74, 6) is 0.715. The van der Waals surface area contributed by atoms with Crippen LogP contribution >= 0.6 is 11.8 Å². The Labute approximate surface area is 165 Å². The second kappa shape index (κ2) is 7.15. The molecule has 1 aromatic heterocycles. The van der Waals surface area contributed by atoms with Crippen LogP contribution in [0.25, 0.3) is 0 Å². The van der Waals surface area contributed by atoms with Gasteiger partial charge in [-0.05, 0) is 57.2 Å². The summed E-state index contributed by atoms with van der Waals surface area (Å²) >= 11 is 1.44. The topological polar surface area (TPSA) is 55.2 Å². The third kappa shape index (κ3) is 3.68. The molecule has 1 aliphatic rings. The molecule has 3 rings (SSSR count). The highest BCUT2D eigenvalue weighted by molar-refractivity contribution is 7.99. The lowest BCUT2D eigenvalue weighted by Gasteiger charge is -2.46. The molecule has 2 aromatic rings. The monoisotopic (exact) mass is 385 g/mol. The van der Waals surface area contributed by atoms with Crippen molar-refractivity contribution in [3.05, 3.63) is 41.2 Å². The van der Waals surface area contributed by atoms with Gasteiger partial charge in [-0.25, -0.2) is 4.98 Å². The number of aromatic nitrogens is 2. The van der Waals surface area contributed by atoms with E-state index in [2.05, 4.69) is 31.8 Å². The molecule has 0 spiro atoms. The fraction of sp³-hybridized carbons (Fsp3) is 0.476. The zero-order valence-corrected chi connectivity index (χ0v) is 17.7. The Bertz CT molecular complexity index is 901. The van der Waals surface area contributed by atoms with Gasteiger partial charge in [0.1, 0.15) is 0 Å². The molecule has 5 nitrogen and oxygen atoms in total. The molecule has 1 aromatic carbocycles. The Kier molecular flexibility index (Phi) is 5.21. The lowest BCUT2D eigenvalue weighted by molar-refractivity contribution is -0.117. The molecular weight excluding hydrogens is 358 g/mol. The normalized spacial score (nSPS) is 18.3. The highest BCUT2D eigenvalue weighted by Gasteiger charge is 2.40. The minimum atomic E-state index is -0.311. The summed E-state index contributed by atoms with van der Waals surface area (Å²) < 4.78 is 1.91. The smallest absolute Gasteiger partial charge is 0.237 e. The maximum absolute atomic E-state index is 13.2. The maximum Gasteiger partial charge on any atom is 0.237 e. The largest absolute Gasteiger partial charge is 0.329 e. The number of Topliss-reactive ketones (excluding diaryl/α,β-unsaturated/α-hetero) is 1. The number of benzene rings is 1. The standard InChI is InChI=1S/C21H27N3O2S/c1-13-9-17-14(2)11-21(4,5)24(18(17)10-16(13)15(3)25)19(26)12-27-20-22-7-8-23(20)6/h7-10,14H,11-12H2,1-6H3/t14-/m0/s1. The summed E-state index contributed by atoms with van der Waals surface area (Å²) in [5, 5.41) is 0.820. The first-order valence-electron chi connectivity index (χ1n) is 9.20. The van der Waals surface area contributed by atoms with Crippen molar-refractivity contribution in [2.75, 3.05) is 10.7 Å². The van der Waals surface area contributed by atoms with Crippen LogP contribution in [0.5, 0.6) is 0 Å². The van der Waals surface area contributed by atoms with Crippen LogP contribution in [0.4, 0.5) is 5.69 Å². The molecule has 144 valence electrons. The van der Waals surface area contributed by atoms with E-state index in [1.54, 1.807) is 13.1 Å². The summed E-state index contributed by atoms with van der Waals surface area (Å²) in [5.41, 5.74) is 3.37. The van der Waals surface area contributed by atoms with Gasteiger partial charge in [0.05, 0.1) is 5.75 Å². The predicted molar refractivity (Wildman–Crippen MR) is 110 cm³/mol. The molecule has 2 heterocycles. The van der Waals surface area contributed by atoms with Gasteiger partial charge in [0.15, 0.2) is 10.9 Å². The number of imidazole rings is 1. The van der Waals surface area contributed by atoms with E-state index >= 15 is 0 Å². The molecule has 0 bridgehead atoms. The maximum atomic E-state index is 13.2. The number of hydrogen-bond acceptors (Lipinski definition) is 4. The summed E-state index contributed by atoms with van der Waals surface area (Å²) in [7, 11) is 1.92. The Morgan fingerprint density at radius 1 is 1.33 bits per heavy atom. The quantitative estimate of drug-likeness (QED) is 0.580. The van der Waals surface area contributed by atoms with Gasteiger partial charge < -0.3 is 9.47 Å². The fourth-order valence-corrected chi connectivity index (χ4v) is 4.90. The zero-order valence-electron chi connectivity index (χ0n) is 16.9. The summed E-state index contributed by atoms with van der Waals surface area (Å²) in [6, 6.07) is 3.99. The lowest BCUT2D eigenvalue weighted by Crippen LogP contribution is -2.52. The molecule has 27 heavy (non-hydrogen) atoms. The van der Waals surface area contributed by atoms with E-state index in [1.165, 1.54) is 11.8 Å². The molecule has 0 fully saturated rings. The summed E-state index contributed by atoms with van der Waals surface area (Å²) in [6.45, 7) is 9.94. The lowest BCUT2D eigenvalue weighted by atomic mass is 9.78. The minimum Gasteiger partial charge on any atom is -0.329 e. The number of anilines is 1. The van der Waals surface area contributed by atoms with Gasteiger partial charge >= 0.3 is 0 Å². The van der Waals surface area contributed by atoms with E-state index in [0.717, 1.165) is 28.4 Å². The third-order valence-corrected chi connectivity index (χ3v) is 6.33. The molecule has 0 saturated carbocycles. The van der Waals surface area contributed by atoms with Crippen LogP contribution < -0.4 is 4.90 Å². The third-order valence-electron chi connectivity index (χ3n) is 5.29. The number of rotatable bonds is 4. The number of amides is 1. The van der Waals surface area contributed by atoms with Crippen LogP contribution in [-0.4, -0.2) is 32.5 Å². The molecule has 1 amide bonds. The van der Waals surface area contributed by atoms with Gasteiger partial charge in [-0.1, -0.05) is 24.8 Å². The van der Waals surface area contributed by atoms with E-state index < -0.39 is 0 Å². The molecular formula is C21H27N3O2S. The highest BCUT2D eigenvalue weighted by atomic mass is 32.2. The number of carbonyl (C=O) groups excluding carboxylic acids is 2. The first-order valence-corrected chi connectivity index (χ1v) is 10.2. The van der Waals surface area contributed by atoms with E-state index in [1.807, 2.05) is 35.7 Å². The van der Waals surface area contributed by atoms with Crippen LogP contribution in [0.15, 0.2) is 29.7 Å². The number of hydrogen-bond donors (Lipinski definition) is 0. The average molecular weight is 386 g/mol. The number of nitrogens with zero attached hydrogens (tertiary/aromatic N) is 3. The second-order valence-corrected chi connectivity index (χ2v) is 8.98. The molecule has 0 N–H and O–H groups in total. The number of thioether (sulfide) groups is 1. The minimum absolute atomic E-state index is 0.0288. The summed E-state index contributed by atoms with van der Waals surface area (Å²) in [4.78, 5) is 31.5. The molecule has 0 aliphatic carbocycles. The van der Waals surface area contributed by atoms with E-state index in [0.29, 0.717) is 17.2 Å². The van der Waals surface area contributed by atoms with Crippen LogP contribution in [0.3, 0.4) is 0 Å². The van der Waals surface area contributed by atoms with Crippen molar-refractivity contribution in [3.63, 3.8) is 0 Å². The van der Waals surface area contributed by atoms with E-state index in [9.17, 15) is 9.59 Å². The molecule has 6 heteroatoms. The Balaban J connectivity index is 1.99. The van der Waals surface area contributed by atoms with Crippen molar-refractivity contribution in [3.8, 4) is 0 Å². The second-order valence-electron chi connectivity index (χ2n) is 8.04. The van der Waals surface area contributed by atoms with Crippen molar-refractivity contribution in [1.82, 2.24) is 9.55 Å². The Hall–Kier alpha value is -2.08. The van der Waals surface area contributed by atoms with Crippen LogP contribution in [0, 0.1) is 6.92 Å². The van der Waals surface area contributed by atoms with E-state index in [4.69, 9.17) is 0 Å². The van der Waals surface area contributed by atoms with Gasteiger partial charge in [-0.15, -0.1) is 0 Å². The first-order chi connectivity index (χ1) is 12.6. The first kappa shape index (κ1) is 19.7. The van der Waals surface area contributed by atoms with Gasteiger partial charge in [-0.2, -0.15) is 0 Å². The van der Waals surface area contributed by atoms with Gasteiger partial charge in [-0.3, -0.25) is 9.59 Å². The molecule has 1 atom stereocenters. The van der Waals surface area contributed by atoms with Crippen molar-refractivity contribution in [1.29, 1.82) is 0 Å². The van der Waals surface area contributed by atoms with Crippen molar-refractivity contribution in [2.24, 2.45) is 7.05 Å². The molecule has 0 radical (unpaired) electrons. The zero-order chi connectivity index (χ0) is 19.9. The van der Waals surface area contributed by atoms with Crippen LogP contribution in [0.1, 0.15) is 61.5 Å². The number of carbonyl (C=O) groups is 2. The van der Waals surface area contributed by atoms with Crippen LogP contribution in [-0.2, 0) is 11.8 Å². The van der Waals surface area contributed by atoms with Gasteiger partial charge in [0.2, 0.25) is 5.91 Å². The highest BCUT2D eigenvalue weighted by Crippen LogP contribution is 2.44. The van der Waals surface area contributed by atoms with Crippen molar-refractivity contribution < 1.29 is 9.59 Å². The van der Waals surface area contributed by atoms with Crippen molar-refractivity contribution in [2.45, 2.75) is 57.7 Å². The summed E-state index contributed by atoms with van der Waals surface area (Å²) in [6.07, 6.45) is 4.49. The van der Waals surface area contributed by atoms with Gasteiger partial charge in [0, 0.05) is 36.2 Å². The number of ketones is 1. The molecule has 1 aliphatic heterocycles. The van der Waals surface area contributed by atoms with Crippen LogP contribution in [0.2, 0.25) is 0 Å². The predicted octanol–water partition coefficient (Wildman–Crippen LogP) is 4.34. The number of aryl methyl sites for hydroxylation is 2. The molecule has 0 saturated heterocycles. The Morgan fingerprint density at radius 2 is 2.04 bits per heavy atom. The Morgan fingerprint density at radius 3 is 2.63 bits per heavy atom. The SMILES string of the molecule is CC(=O)c1cc2c(cc1C)[C@@H](C)CC(C)(C)N2C(=O)CSc1nccn1C. The van der Waals surface area contributed by atoms with E-state index in [-0.39, 0.29) is 17.2 Å². The fourth-order valence-electron chi connectivity index (χ4n) is 4.12. The molecule has 0 unspecified atom stereocenters. The van der Waals surface area contributed by atoms with Gasteiger partial charge in [0.25, 0.3) is 0 Å².